The van der Waals surface area contributed by atoms with Crippen LogP contribution in [0.3, 0.4) is 0 Å². The lowest BCUT2D eigenvalue weighted by molar-refractivity contribution is 0.778. The van der Waals surface area contributed by atoms with Crippen molar-refractivity contribution >= 4 is 23.2 Å². The quantitative estimate of drug-likeness (QED) is 0.357. The number of thioether (sulfide) groups is 1. The lowest BCUT2D eigenvalue weighted by atomic mass is 10.3. The molecule has 0 atom stereocenters. The number of anilines is 1. The van der Waals surface area contributed by atoms with Crippen LogP contribution in [0.5, 0.6) is 0 Å². The molecule has 0 saturated carbocycles. The smallest absolute Gasteiger partial charge is 0.169 e. The third-order valence-corrected chi connectivity index (χ3v) is 3.52. The zero-order valence-corrected chi connectivity index (χ0v) is 10.7. The summed E-state index contributed by atoms with van der Waals surface area (Å²) in [6.45, 7) is 2.20. The topological polar surface area (TPSA) is 68.2 Å². The van der Waals surface area contributed by atoms with E-state index in [1.807, 2.05) is 16.8 Å². The summed E-state index contributed by atoms with van der Waals surface area (Å²) in [6, 6.07) is 0. The largest absolute Gasteiger partial charge is 0.307 e. The van der Waals surface area contributed by atoms with Gasteiger partial charge in [0.15, 0.2) is 11.5 Å². The van der Waals surface area contributed by atoms with Crippen LogP contribution < -0.4 is 11.3 Å². The summed E-state index contributed by atoms with van der Waals surface area (Å²) in [7, 11) is 0. The summed E-state index contributed by atoms with van der Waals surface area (Å²) in [5.74, 6) is 7.13. The average Bonchev–Trinajstić information content (AvgIpc) is 2.82. The molecule has 2 aromatic rings. The number of imidazole rings is 1. The second kappa shape index (κ2) is 5.88. The van der Waals surface area contributed by atoms with E-state index >= 15 is 0 Å². The van der Waals surface area contributed by atoms with Crippen molar-refractivity contribution in [3.05, 3.63) is 18.6 Å². The number of hydrogen-bond donors (Lipinski definition) is 2. The predicted octanol–water partition coefficient (Wildman–Crippen LogP) is 2.30. The fourth-order valence-electron chi connectivity index (χ4n) is 1.59. The van der Waals surface area contributed by atoms with Crippen LogP contribution in [-0.4, -0.2) is 20.1 Å². The summed E-state index contributed by atoms with van der Waals surface area (Å²) in [4.78, 5) is 8.74. The van der Waals surface area contributed by atoms with Crippen LogP contribution in [0.15, 0.2) is 23.6 Å². The molecule has 2 aromatic heterocycles. The first kappa shape index (κ1) is 12.2. The molecule has 2 rings (SSSR count). The number of unbranched alkanes of at least 4 members (excludes halogenated alkanes) is 2. The Balaban J connectivity index is 2.16. The maximum absolute atomic E-state index is 5.40. The number of nitrogen functional groups attached to an aromatic ring is 1. The van der Waals surface area contributed by atoms with E-state index in [9.17, 15) is 0 Å². The SMILES string of the molecule is CCCCCSc1nc(NN)cn2ccnc12. The summed E-state index contributed by atoms with van der Waals surface area (Å²) < 4.78 is 1.93. The maximum Gasteiger partial charge on any atom is 0.169 e. The summed E-state index contributed by atoms with van der Waals surface area (Å²) in [5.41, 5.74) is 3.47. The van der Waals surface area contributed by atoms with Crippen molar-refractivity contribution in [3.8, 4) is 0 Å². The van der Waals surface area contributed by atoms with Gasteiger partial charge in [0, 0.05) is 12.4 Å². The van der Waals surface area contributed by atoms with Crippen LogP contribution in [-0.2, 0) is 0 Å². The minimum absolute atomic E-state index is 0.661. The van der Waals surface area contributed by atoms with E-state index in [0.29, 0.717) is 5.82 Å². The number of nitrogens with zero attached hydrogens (tertiary/aromatic N) is 3. The second-order valence-corrected chi connectivity index (χ2v) is 4.87. The highest BCUT2D eigenvalue weighted by molar-refractivity contribution is 7.99. The Labute approximate surface area is 105 Å². The lowest BCUT2D eigenvalue weighted by Crippen LogP contribution is -2.10. The molecule has 2 heterocycles. The molecule has 0 radical (unpaired) electrons. The molecule has 5 nitrogen and oxygen atoms in total. The third kappa shape index (κ3) is 2.89. The fourth-order valence-corrected chi connectivity index (χ4v) is 2.58. The fraction of sp³-hybridized carbons (Fsp3) is 0.455. The Morgan fingerprint density at radius 2 is 2.35 bits per heavy atom. The van der Waals surface area contributed by atoms with Crippen LogP contribution in [0.1, 0.15) is 26.2 Å². The number of nitrogens with two attached hydrogens (primary N) is 1. The molecule has 6 heteroatoms. The Kier molecular flexibility index (Phi) is 4.22. The average molecular weight is 251 g/mol. The molecule has 0 saturated heterocycles. The van der Waals surface area contributed by atoms with E-state index in [1.54, 1.807) is 18.0 Å². The molecule has 0 amide bonds. The zero-order valence-electron chi connectivity index (χ0n) is 9.89. The molecule has 3 N–H and O–H groups in total. The van der Waals surface area contributed by atoms with Crippen molar-refractivity contribution in [1.82, 2.24) is 14.4 Å². The van der Waals surface area contributed by atoms with Gasteiger partial charge in [-0.1, -0.05) is 19.8 Å². The second-order valence-electron chi connectivity index (χ2n) is 3.79. The minimum Gasteiger partial charge on any atom is -0.307 e. The number of hydrogen-bond acceptors (Lipinski definition) is 5. The van der Waals surface area contributed by atoms with Crippen molar-refractivity contribution in [2.75, 3.05) is 11.2 Å². The zero-order chi connectivity index (χ0) is 12.1. The van der Waals surface area contributed by atoms with E-state index in [0.717, 1.165) is 16.4 Å². The minimum atomic E-state index is 0.661. The van der Waals surface area contributed by atoms with Gasteiger partial charge in [0.05, 0.1) is 6.20 Å². The Bertz CT molecular complexity index is 482. The molecular formula is C11H17N5S. The molecule has 0 unspecified atom stereocenters. The normalized spacial score (nSPS) is 10.9. The van der Waals surface area contributed by atoms with Gasteiger partial charge in [-0.25, -0.2) is 15.8 Å². The highest BCUT2D eigenvalue weighted by Gasteiger charge is 2.07. The number of rotatable bonds is 6. The number of hydrazine groups is 1. The van der Waals surface area contributed by atoms with Crippen molar-refractivity contribution in [2.24, 2.45) is 5.84 Å². The van der Waals surface area contributed by atoms with Crippen molar-refractivity contribution in [1.29, 1.82) is 0 Å². The van der Waals surface area contributed by atoms with Gasteiger partial charge in [0.1, 0.15) is 5.03 Å². The Hall–Kier alpha value is -1.27. The Morgan fingerprint density at radius 1 is 1.47 bits per heavy atom. The van der Waals surface area contributed by atoms with Crippen LogP contribution in [0.2, 0.25) is 0 Å². The highest BCUT2D eigenvalue weighted by Crippen LogP contribution is 2.23. The van der Waals surface area contributed by atoms with Gasteiger partial charge >= 0.3 is 0 Å². The molecule has 0 aliphatic rings. The van der Waals surface area contributed by atoms with Gasteiger partial charge in [-0.2, -0.15) is 0 Å². The molecule has 0 aromatic carbocycles. The summed E-state index contributed by atoms with van der Waals surface area (Å²) in [6.07, 6.45) is 9.19. The first-order chi connectivity index (χ1) is 8.35. The standard InChI is InChI=1S/C11H17N5S/c1-2-3-4-7-17-11-10-13-5-6-16(10)8-9(14-11)15-12/h5-6,8,15H,2-4,7,12H2,1H3. The van der Waals surface area contributed by atoms with Gasteiger partial charge in [0.25, 0.3) is 0 Å². The van der Waals surface area contributed by atoms with Gasteiger partial charge in [-0.3, -0.25) is 0 Å². The van der Waals surface area contributed by atoms with Gasteiger partial charge in [-0.05, 0) is 12.2 Å². The summed E-state index contributed by atoms with van der Waals surface area (Å²) >= 11 is 1.73. The molecule has 0 fully saturated rings. The van der Waals surface area contributed by atoms with Gasteiger partial charge < -0.3 is 9.83 Å². The third-order valence-electron chi connectivity index (χ3n) is 2.48. The monoisotopic (exact) mass is 251 g/mol. The molecule has 92 valence electrons. The Morgan fingerprint density at radius 3 is 3.12 bits per heavy atom. The van der Waals surface area contributed by atoms with E-state index in [-0.39, 0.29) is 0 Å². The summed E-state index contributed by atoms with van der Waals surface area (Å²) in [5, 5.41) is 0.932. The van der Waals surface area contributed by atoms with E-state index in [4.69, 9.17) is 5.84 Å². The van der Waals surface area contributed by atoms with Gasteiger partial charge in [-0.15, -0.1) is 11.8 Å². The molecule has 0 bridgehead atoms. The molecular weight excluding hydrogens is 234 g/mol. The van der Waals surface area contributed by atoms with Crippen LogP contribution in [0, 0.1) is 0 Å². The molecule has 0 aliphatic carbocycles. The van der Waals surface area contributed by atoms with E-state index < -0.39 is 0 Å². The van der Waals surface area contributed by atoms with Crippen LogP contribution >= 0.6 is 11.8 Å². The maximum atomic E-state index is 5.40. The molecule has 0 spiro atoms. The van der Waals surface area contributed by atoms with E-state index in [2.05, 4.69) is 22.3 Å². The first-order valence-electron chi connectivity index (χ1n) is 5.78. The molecule has 17 heavy (non-hydrogen) atoms. The number of nitrogens with one attached hydrogen (secondary N) is 1. The predicted molar refractivity (Wildman–Crippen MR) is 71.0 cm³/mol. The van der Waals surface area contributed by atoms with Crippen LogP contribution in [0.25, 0.3) is 5.65 Å². The van der Waals surface area contributed by atoms with Crippen molar-refractivity contribution in [2.45, 2.75) is 31.2 Å². The number of aromatic nitrogens is 3. The van der Waals surface area contributed by atoms with Crippen molar-refractivity contribution < 1.29 is 0 Å². The number of fused-ring (bicyclic) bond motifs is 1. The lowest BCUT2D eigenvalue weighted by Gasteiger charge is -2.06. The highest BCUT2D eigenvalue weighted by atomic mass is 32.2. The van der Waals surface area contributed by atoms with E-state index in [1.165, 1.54) is 19.3 Å². The van der Waals surface area contributed by atoms with Crippen LogP contribution in [0.4, 0.5) is 5.82 Å². The van der Waals surface area contributed by atoms with Gasteiger partial charge in [0.2, 0.25) is 0 Å². The van der Waals surface area contributed by atoms with Crippen molar-refractivity contribution in [3.63, 3.8) is 0 Å². The first-order valence-corrected chi connectivity index (χ1v) is 6.77. The molecule has 0 aliphatic heterocycles.